The van der Waals surface area contributed by atoms with E-state index < -0.39 is 11.9 Å². The molecule has 23 heavy (non-hydrogen) atoms. The normalized spacial score (nSPS) is 11.9. The quantitative estimate of drug-likeness (QED) is 0.338. The number of carboxylic acids is 2. The van der Waals surface area contributed by atoms with Crippen LogP contribution >= 0.6 is 0 Å². The number of hydrogen-bond donors (Lipinski definition) is 0. The Bertz CT molecular complexity index is 297. The van der Waals surface area contributed by atoms with Crippen LogP contribution in [0.1, 0.15) is 65.2 Å². The Morgan fingerprint density at radius 1 is 0.870 bits per heavy atom. The first kappa shape index (κ1) is 27.8. The van der Waals surface area contributed by atoms with E-state index in [-0.39, 0.29) is 60.7 Å². The maximum absolute atomic E-state index is 10.4. The fourth-order valence-electron chi connectivity index (χ4n) is 1.97. The summed E-state index contributed by atoms with van der Waals surface area (Å²) in [6.45, 7) is 11.1. The van der Waals surface area contributed by atoms with Crippen LogP contribution in [0.4, 0.5) is 0 Å². The van der Waals surface area contributed by atoms with Gasteiger partial charge in [0.2, 0.25) is 0 Å². The predicted molar refractivity (Wildman–Crippen MR) is 91.4 cm³/mol. The van der Waals surface area contributed by atoms with E-state index in [4.69, 9.17) is 0 Å². The van der Waals surface area contributed by atoms with Crippen LogP contribution in [-0.4, -0.2) is 60.8 Å². The number of carboxylic acid groups (broad SMARTS) is 2. The molecular weight excluding hydrogens is 418 g/mol. The Morgan fingerprint density at radius 3 is 1.35 bits per heavy atom. The molecule has 0 rings (SSSR count). The Kier molecular flexibility index (Phi) is 24.2. The summed E-state index contributed by atoms with van der Waals surface area (Å²) in [5, 5.41) is 20.9. The Labute approximate surface area is 181 Å². The zero-order chi connectivity index (χ0) is 17.4. The van der Waals surface area contributed by atoms with E-state index in [2.05, 4.69) is 13.2 Å². The van der Waals surface area contributed by atoms with Gasteiger partial charge < -0.3 is 19.8 Å². The molecule has 0 aliphatic carbocycles. The van der Waals surface area contributed by atoms with E-state index in [0.717, 1.165) is 25.7 Å². The van der Waals surface area contributed by atoms with Crippen LogP contribution in [0, 0.1) is 11.8 Å². The summed E-state index contributed by atoms with van der Waals surface area (Å²) >= 11 is 0. The fraction of sp³-hybridized carbons (Fsp3) is 0.667. The number of allylic oxidation sites excluding steroid dienone is 2. The molecule has 5 heteroatoms. The summed E-state index contributed by atoms with van der Waals surface area (Å²) < 4.78 is 0. The van der Waals surface area contributed by atoms with Gasteiger partial charge in [0.05, 0.1) is 0 Å². The third-order valence-electron chi connectivity index (χ3n) is 3.38. The van der Waals surface area contributed by atoms with Crippen LogP contribution in [0.5, 0.6) is 0 Å². The molecule has 0 saturated heterocycles. The summed E-state index contributed by atoms with van der Waals surface area (Å²) in [6, 6.07) is 0. The van der Waals surface area contributed by atoms with Gasteiger partial charge in [0.15, 0.2) is 0 Å². The SMILES string of the molecule is C=CCC(CCCC)C(=O)[O-].C=CCC(CCCC)C(=O)[O-].[Ba+2]. The Morgan fingerprint density at radius 2 is 1.17 bits per heavy atom. The zero-order valence-corrected chi connectivity index (χ0v) is 19.2. The predicted octanol–water partition coefficient (Wildman–Crippen LogP) is 1.86. The van der Waals surface area contributed by atoms with Crippen molar-refractivity contribution < 1.29 is 19.8 Å². The van der Waals surface area contributed by atoms with Crippen LogP contribution in [0.2, 0.25) is 0 Å². The van der Waals surface area contributed by atoms with E-state index in [1.807, 2.05) is 13.8 Å². The topological polar surface area (TPSA) is 80.3 Å². The second kappa shape index (κ2) is 20.0. The van der Waals surface area contributed by atoms with E-state index in [9.17, 15) is 19.8 Å². The fourth-order valence-corrected chi connectivity index (χ4v) is 1.97. The van der Waals surface area contributed by atoms with Gasteiger partial charge in [-0.2, -0.15) is 0 Å². The molecule has 0 aliphatic rings. The third kappa shape index (κ3) is 18.2. The summed E-state index contributed by atoms with van der Waals surface area (Å²) in [6.07, 6.45) is 9.72. The number of hydrogen-bond acceptors (Lipinski definition) is 4. The molecule has 0 amide bonds. The van der Waals surface area contributed by atoms with Gasteiger partial charge in [0, 0.05) is 23.8 Å². The van der Waals surface area contributed by atoms with Crippen molar-refractivity contribution in [2.75, 3.05) is 0 Å². The van der Waals surface area contributed by atoms with E-state index in [1.54, 1.807) is 12.2 Å². The molecule has 0 aromatic heterocycles. The molecule has 0 aliphatic heterocycles. The van der Waals surface area contributed by atoms with Gasteiger partial charge in [-0.25, -0.2) is 0 Å². The molecule has 0 aromatic rings. The molecule has 0 N–H and O–H groups in total. The van der Waals surface area contributed by atoms with Gasteiger partial charge in [0.25, 0.3) is 0 Å². The third-order valence-corrected chi connectivity index (χ3v) is 3.38. The molecule has 0 heterocycles. The van der Waals surface area contributed by atoms with Gasteiger partial charge in [-0.05, 0) is 25.7 Å². The van der Waals surface area contributed by atoms with Gasteiger partial charge in [-0.3, -0.25) is 0 Å². The first-order valence-electron chi connectivity index (χ1n) is 8.07. The average molecular weight is 448 g/mol. The second-order valence-electron chi connectivity index (χ2n) is 5.37. The molecule has 0 fully saturated rings. The van der Waals surface area contributed by atoms with Crippen LogP contribution in [-0.2, 0) is 9.59 Å². The summed E-state index contributed by atoms with van der Waals surface area (Å²) in [5.74, 6) is -2.54. The molecule has 0 bridgehead atoms. The van der Waals surface area contributed by atoms with Crippen LogP contribution in [0.25, 0.3) is 0 Å². The van der Waals surface area contributed by atoms with E-state index in [1.165, 1.54) is 0 Å². The molecule has 2 unspecified atom stereocenters. The molecule has 0 aromatic carbocycles. The van der Waals surface area contributed by atoms with Gasteiger partial charge in [0.1, 0.15) is 0 Å². The molecule has 0 spiro atoms. The Hall–Kier alpha value is -0.00857. The zero-order valence-electron chi connectivity index (χ0n) is 14.7. The summed E-state index contributed by atoms with van der Waals surface area (Å²) in [7, 11) is 0. The number of carbonyl (C=O) groups is 2. The monoisotopic (exact) mass is 448 g/mol. The molecule has 4 nitrogen and oxygen atoms in total. The molecule has 2 atom stereocenters. The summed E-state index contributed by atoms with van der Waals surface area (Å²) in [5.41, 5.74) is 0. The smallest absolute Gasteiger partial charge is 0.550 e. The molecular formula is C18H30BaO4. The molecule has 128 valence electrons. The van der Waals surface area contributed by atoms with Gasteiger partial charge in [-0.15, -0.1) is 13.2 Å². The van der Waals surface area contributed by atoms with Gasteiger partial charge >= 0.3 is 48.9 Å². The minimum atomic E-state index is -0.946. The van der Waals surface area contributed by atoms with Crippen molar-refractivity contribution in [3.8, 4) is 0 Å². The minimum absolute atomic E-state index is 0. The van der Waals surface area contributed by atoms with Crippen molar-refractivity contribution in [2.45, 2.75) is 65.2 Å². The summed E-state index contributed by atoms with van der Waals surface area (Å²) in [4.78, 5) is 20.9. The average Bonchev–Trinajstić information content (AvgIpc) is 2.48. The number of carbonyl (C=O) groups excluding carboxylic acids is 2. The first-order chi connectivity index (χ1) is 10.4. The van der Waals surface area contributed by atoms with E-state index >= 15 is 0 Å². The van der Waals surface area contributed by atoms with Gasteiger partial charge in [-0.1, -0.05) is 51.7 Å². The van der Waals surface area contributed by atoms with Crippen molar-refractivity contribution in [2.24, 2.45) is 11.8 Å². The second-order valence-corrected chi connectivity index (χ2v) is 5.37. The van der Waals surface area contributed by atoms with Crippen molar-refractivity contribution in [1.29, 1.82) is 0 Å². The number of rotatable bonds is 12. The minimum Gasteiger partial charge on any atom is -0.550 e. The largest absolute Gasteiger partial charge is 2.00 e. The number of aliphatic carboxylic acids is 2. The molecule has 0 saturated carbocycles. The van der Waals surface area contributed by atoms with E-state index in [0.29, 0.717) is 25.7 Å². The number of unbranched alkanes of at least 4 members (excludes halogenated alkanes) is 2. The molecule has 0 radical (unpaired) electrons. The van der Waals surface area contributed by atoms with Crippen LogP contribution < -0.4 is 10.2 Å². The van der Waals surface area contributed by atoms with Crippen LogP contribution in [0.15, 0.2) is 25.3 Å². The first-order valence-corrected chi connectivity index (χ1v) is 8.07. The van der Waals surface area contributed by atoms with Crippen molar-refractivity contribution >= 4 is 60.8 Å². The van der Waals surface area contributed by atoms with Crippen molar-refractivity contribution in [3.05, 3.63) is 25.3 Å². The van der Waals surface area contributed by atoms with Crippen molar-refractivity contribution in [1.82, 2.24) is 0 Å². The standard InChI is InChI=1S/2C9H16O2.Ba/c2*1-3-5-7-8(6-4-2)9(10)11;/h2*4,8H,2-3,5-7H2,1H3,(H,10,11);/q;;+2/p-2. The maximum Gasteiger partial charge on any atom is 2.00 e. The maximum atomic E-state index is 10.4. The van der Waals surface area contributed by atoms with Crippen LogP contribution in [0.3, 0.4) is 0 Å². The Balaban J connectivity index is -0.000000333. The van der Waals surface area contributed by atoms with Crippen molar-refractivity contribution in [3.63, 3.8) is 0 Å².